The second-order valence-electron chi connectivity index (χ2n) is 6.47. The number of nitrogens with zero attached hydrogens (tertiary/aromatic N) is 5. The highest BCUT2D eigenvalue weighted by Crippen LogP contribution is 2.34. The minimum Gasteiger partial charge on any atom is -0.290 e. The summed E-state index contributed by atoms with van der Waals surface area (Å²) < 4.78 is 2.13. The van der Waals surface area contributed by atoms with E-state index in [9.17, 15) is 0 Å². The van der Waals surface area contributed by atoms with Crippen molar-refractivity contribution in [3.63, 3.8) is 0 Å². The third-order valence-electron chi connectivity index (χ3n) is 4.93. The Kier molecular flexibility index (Phi) is 3.27. The smallest absolute Gasteiger partial charge is 0.188 e. The Bertz CT molecular complexity index is 1410. The molecular weight excluding hydrogens is 366 g/mol. The second kappa shape index (κ2) is 5.94. The van der Waals surface area contributed by atoms with E-state index in [1.807, 2.05) is 29.6 Å². The molecule has 5 nitrogen and oxygen atoms in total. The quantitative estimate of drug-likeness (QED) is 0.412. The monoisotopic (exact) mass is 379 g/mol. The first kappa shape index (κ1) is 15.4. The fourth-order valence-electron chi connectivity index (χ4n) is 3.75. The number of rotatable bonds is 2. The largest absolute Gasteiger partial charge is 0.290 e. The van der Waals surface area contributed by atoms with Gasteiger partial charge in [-0.1, -0.05) is 42.5 Å². The van der Waals surface area contributed by atoms with E-state index in [0.29, 0.717) is 5.82 Å². The van der Waals surface area contributed by atoms with Gasteiger partial charge in [-0.15, -0.1) is 21.5 Å². The highest BCUT2D eigenvalue weighted by atomic mass is 32.1. The van der Waals surface area contributed by atoms with Gasteiger partial charge in [0.15, 0.2) is 5.82 Å². The van der Waals surface area contributed by atoms with Crippen molar-refractivity contribution in [2.24, 2.45) is 0 Å². The van der Waals surface area contributed by atoms with E-state index >= 15 is 0 Å². The van der Waals surface area contributed by atoms with Crippen molar-refractivity contribution in [2.75, 3.05) is 0 Å². The summed E-state index contributed by atoms with van der Waals surface area (Å²) in [6.07, 6.45) is 3.41. The van der Waals surface area contributed by atoms with Crippen LogP contribution in [0, 0.1) is 0 Å². The van der Waals surface area contributed by atoms with Crippen LogP contribution >= 0.6 is 11.3 Å². The Balaban J connectivity index is 1.76. The van der Waals surface area contributed by atoms with Crippen LogP contribution in [0.1, 0.15) is 0 Å². The Morgan fingerprint density at radius 1 is 0.679 bits per heavy atom. The van der Waals surface area contributed by atoms with Crippen LogP contribution in [0.3, 0.4) is 0 Å². The molecule has 0 aliphatic rings. The van der Waals surface area contributed by atoms with Crippen molar-refractivity contribution in [3.8, 4) is 16.4 Å². The summed E-state index contributed by atoms with van der Waals surface area (Å²) in [6, 6.07) is 20.7. The van der Waals surface area contributed by atoms with E-state index in [0.717, 1.165) is 32.6 Å². The van der Waals surface area contributed by atoms with Crippen LogP contribution in [-0.2, 0) is 0 Å². The topological polar surface area (TPSA) is 56.5 Å². The molecule has 0 fully saturated rings. The van der Waals surface area contributed by atoms with Crippen molar-refractivity contribution in [1.29, 1.82) is 0 Å². The molecule has 0 radical (unpaired) electrons. The van der Waals surface area contributed by atoms with Crippen molar-refractivity contribution in [1.82, 2.24) is 24.7 Å². The summed E-state index contributed by atoms with van der Waals surface area (Å²) >= 11 is 1.62. The molecule has 0 bridgehead atoms. The van der Waals surface area contributed by atoms with Gasteiger partial charge in [0.2, 0.25) is 0 Å². The van der Waals surface area contributed by atoms with Crippen LogP contribution < -0.4 is 0 Å². The molecule has 0 saturated carbocycles. The average Bonchev–Trinajstić information content (AvgIpc) is 3.40. The maximum Gasteiger partial charge on any atom is 0.188 e. The fraction of sp³-hybridized carbons (Fsp3) is 0. The van der Waals surface area contributed by atoms with Gasteiger partial charge in [0, 0.05) is 23.2 Å². The first-order chi connectivity index (χ1) is 13.9. The van der Waals surface area contributed by atoms with Crippen molar-refractivity contribution < 1.29 is 0 Å². The summed E-state index contributed by atoms with van der Waals surface area (Å²) in [5.41, 5.74) is 4.43. The lowest BCUT2D eigenvalue weighted by Gasteiger charge is -2.10. The number of aromatic nitrogens is 5. The third-order valence-corrected chi connectivity index (χ3v) is 5.80. The van der Waals surface area contributed by atoms with E-state index in [-0.39, 0.29) is 0 Å². The maximum absolute atomic E-state index is 4.64. The zero-order chi connectivity index (χ0) is 18.5. The van der Waals surface area contributed by atoms with Crippen LogP contribution in [0.5, 0.6) is 0 Å². The molecule has 0 spiro atoms. The molecule has 4 heterocycles. The number of fused-ring (bicyclic) bond motifs is 4. The lowest BCUT2D eigenvalue weighted by molar-refractivity contribution is 0.966. The number of hydrogen-bond donors (Lipinski definition) is 0. The normalized spacial score (nSPS) is 11.6. The third kappa shape index (κ3) is 2.12. The average molecular weight is 379 g/mol. The molecule has 6 heteroatoms. The lowest BCUT2D eigenvalue weighted by atomic mass is 10.2. The zero-order valence-electron chi connectivity index (χ0n) is 14.6. The molecule has 0 aliphatic carbocycles. The summed E-state index contributed by atoms with van der Waals surface area (Å²) in [6.45, 7) is 0. The first-order valence-electron chi connectivity index (χ1n) is 8.91. The molecule has 132 valence electrons. The minimum atomic E-state index is 0.695. The lowest BCUT2D eigenvalue weighted by Crippen LogP contribution is -2.04. The van der Waals surface area contributed by atoms with E-state index in [1.165, 1.54) is 10.8 Å². The van der Waals surface area contributed by atoms with Gasteiger partial charge in [0.05, 0.1) is 15.9 Å². The predicted molar refractivity (Wildman–Crippen MR) is 113 cm³/mol. The van der Waals surface area contributed by atoms with Crippen LogP contribution in [0.15, 0.2) is 78.4 Å². The molecule has 0 saturated heterocycles. The molecule has 6 aromatic rings. The van der Waals surface area contributed by atoms with Gasteiger partial charge in [-0.05, 0) is 23.6 Å². The minimum absolute atomic E-state index is 0.695. The van der Waals surface area contributed by atoms with E-state index in [1.54, 1.807) is 23.7 Å². The zero-order valence-corrected chi connectivity index (χ0v) is 15.5. The van der Waals surface area contributed by atoms with E-state index in [2.05, 4.69) is 61.1 Å². The summed E-state index contributed by atoms with van der Waals surface area (Å²) in [5, 5.41) is 13.6. The summed E-state index contributed by atoms with van der Waals surface area (Å²) in [4.78, 5) is 10.3. The van der Waals surface area contributed by atoms with Crippen LogP contribution in [0.2, 0.25) is 0 Å². The van der Waals surface area contributed by atoms with Gasteiger partial charge in [-0.2, -0.15) is 0 Å². The number of thiophene rings is 1. The summed E-state index contributed by atoms with van der Waals surface area (Å²) in [7, 11) is 0. The van der Waals surface area contributed by atoms with Crippen molar-refractivity contribution >= 4 is 44.2 Å². The van der Waals surface area contributed by atoms with Gasteiger partial charge < -0.3 is 0 Å². The molecule has 2 aromatic carbocycles. The van der Waals surface area contributed by atoms with Gasteiger partial charge in [0.25, 0.3) is 0 Å². The van der Waals surface area contributed by atoms with Gasteiger partial charge in [-0.25, -0.2) is 4.98 Å². The van der Waals surface area contributed by atoms with Gasteiger partial charge in [0.1, 0.15) is 16.7 Å². The highest BCUT2D eigenvalue weighted by molar-refractivity contribution is 7.13. The van der Waals surface area contributed by atoms with Gasteiger partial charge >= 0.3 is 0 Å². The SMILES string of the molecule is c1csc(-c2nnc(-n3c4ccccc4c4ccccc43)c3nccnc23)c1. The molecular formula is C22H13N5S. The highest BCUT2D eigenvalue weighted by Gasteiger charge is 2.19. The van der Waals surface area contributed by atoms with Gasteiger partial charge in [-0.3, -0.25) is 9.55 Å². The molecule has 0 aliphatic heterocycles. The summed E-state index contributed by atoms with van der Waals surface area (Å²) in [5.74, 6) is 0.695. The second-order valence-corrected chi connectivity index (χ2v) is 7.42. The molecule has 0 amide bonds. The number of para-hydroxylation sites is 2. The Labute approximate surface area is 163 Å². The van der Waals surface area contributed by atoms with Crippen molar-refractivity contribution in [3.05, 3.63) is 78.4 Å². The Morgan fingerprint density at radius 2 is 1.36 bits per heavy atom. The molecule has 0 atom stereocenters. The first-order valence-corrected chi connectivity index (χ1v) is 9.79. The van der Waals surface area contributed by atoms with Crippen LogP contribution in [0.4, 0.5) is 0 Å². The molecule has 0 N–H and O–H groups in total. The Hall–Kier alpha value is -3.64. The molecule has 6 rings (SSSR count). The fourth-order valence-corrected chi connectivity index (χ4v) is 4.46. The van der Waals surface area contributed by atoms with Crippen LogP contribution in [-0.4, -0.2) is 24.7 Å². The number of benzene rings is 2. The predicted octanol–water partition coefficient (Wildman–Crippen LogP) is 5.25. The van der Waals surface area contributed by atoms with E-state index in [4.69, 9.17) is 0 Å². The van der Waals surface area contributed by atoms with Crippen molar-refractivity contribution in [2.45, 2.75) is 0 Å². The Morgan fingerprint density at radius 3 is 2.04 bits per heavy atom. The maximum atomic E-state index is 4.64. The molecule has 28 heavy (non-hydrogen) atoms. The van der Waals surface area contributed by atoms with E-state index < -0.39 is 0 Å². The number of hydrogen-bond acceptors (Lipinski definition) is 5. The standard InChI is InChI=1S/C22H13N5S/c1-3-8-16-14(6-1)15-7-2-4-9-17(15)27(16)22-21-20(23-11-12-24-21)19(25-26-22)18-10-5-13-28-18/h1-13H. The van der Waals surface area contributed by atoms with Crippen LogP contribution in [0.25, 0.3) is 49.2 Å². The molecule has 4 aromatic heterocycles. The molecule has 0 unspecified atom stereocenters.